The summed E-state index contributed by atoms with van der Waals surface area (Å²) < 4.78 is 124. The summed E-state index contributed by atoms with van der Waals surface area (Å²) in [5.74, 6) is -2.35. The summed E-state index contributed by atoms with van der Waals surface area (Å²) in [5.41, 5.74) is 12.3. The SMILES string of the molecule is Nc1ccc(N(CCCS(=O)(=O)[O-])CCCS(=O)(=O)O)cc1O.Nc1ccc(N(CCCS(=O)(=O)[O-])CCCS(=O)(=O)O)cc1O.[Na+].[Na+]. The van der Waals surface area contributed by atoms with Gasteiger partial charge in [-0.1, -0.05) is 0 Å². The zero-order valence-electron chi connectivity index (χ0n) is 26.5. The van der Waals surface area contributed by atoms with Gasteiger partial charge in [0.2, 0.25) is 0 Å². The van der Waals surface area contributed by atoms with Crippen LogP contribution in [0.15, 0.2) is 36.4 Å². The zero-order valence-corrected chi connectivity index (χ0v) is 33.8. The van der Waals surface area contributed by atoms with Crippen molar-refractivity contribution in [2.24, 2.45) is 0 Å². The van der Waals surface area contributed by atoms with Crippen molar-refractivity contribution in [1.29, 1.82) is 0 Å². The standard InChI is InChI=1S/2C12H20N2O7S2.2Na/c2*13-11-4-3-10(9-12(11)15)14(5-1-7-22(16,17)18)6-2-8-23(19,20)21;;/h2*3-4,9,15H,1-2,5-8,13H2,(H,16,17,18)(H,19,20,21);;/q;;2*+1/p-2. The van der Waals surface area contributed by atoms with E-state index in [1.807, 2.05) is 0 Å². The van der Waals surface area contributed by atoms with Crippen molar-refractivity contribution in [3.8, 4) is 11.5 Å². The number of phenolic OH excluding ortho intramolecular Hbond substituents is 2. The number of phenols is 2. The molecule has 0 saturated carbocycles. The van der Waals surface area contributed by atoms with Gasteiger partial charge in [-0.25, -0.2) is 16.8 Å². The number of hydrogen-bond donors (Lipinski definition) is 6. The van der Waals surface area contributed by atoms with Gasteiger partial charge in [0.15, 0.2) is 0 Å². The minimum atomic E-state index is -4.34. The zero-order chi connectivity index (χ0) is 35.3. The van der Waals surface area contributed by atoms with E-state index in [1.54, 1.807) is 21.9 Å². The van der Waals surface area contributed by atoms with Crippen molar-refractivity contribution in [2.75, 3.05) is 70.5 Å². The van der Waals surface area contributed by atoms with Gasteiger partial charge in [-0.3, -0.25) is 9.11 Å². The van der Waals surface area contributed by atoms with Crippen LogP contribution in [0.2, 0.25) is 0 Å². The van der Waals surface area contributed by atoms with Crippen LogP contribution in [-0.2, 0) is 40.5 Å². The Bertz CT molecular complexity index is 1530. The van der Waals surface area contributed by atoms with Crippen LogP contribution in [0.5, 0.6) is 11.5 Å². The molecule has 0 aromatic heterocycles. The van der Waals surface area contributed by atoms with Crippen molar-refractivity contribution < 1.29 is 121 Å². The molecule has 0 radical (unpaired) electrons. The van der Waals surface area contributed by atoms with Gasteiger partial charge in [-0.2, -0.15) is 16.8 Å². The molecular formula is C24H38N4Na2O14S4. The topological polar surface area (TPSA) is 322 Å². The minimum Gasteiger partial charge on any atom is -0.748 e. The molecule has 0 unspecified atom stereocenters. The second kappa shape index (κ2) is 22.0. The second-order valence-electron chi connectivity index (χ2n) is 9.97. The van der Waals surface area contributed by atoms with Gasteiger partial charge < -0.3 is 40.6 Å². The summed E-state index contributed by atoms with van der Waals surface area (Å²) in [5, 5.41) is 19.2. The molecule has 0 amide bonds. The van der Waals surface area contributed by atoms with Gasteiger partial charge in [0.25, 0.3) is 20.2 Å². The van der Waals surface area contributed by atoms with E-state index >= 15 is 0 Å². The molecule has 0 bridgehead atoms. The van der Waals surface area contributed by atoms with Gasteiger partial charge in [0.1, 0.15) is 11.5 Å². The maximum absolute atomic E-state index is 10.8. The van der Waals surface area contributed by atoms with Crippen molar-refractivity contribution in [2.45, 2.75) is 25.7 Å². The van der Waals surface area contributed by atoms with E-state index in [2.05, 4.69) is 0 Å². The maximum atomic E-state index is 10.8. The van der Waals surface area contributed by atoms with Crippen molar-refractivity contribution in [3.63, 3.8) is 0 Å². The molecule has 0 heterocycles. The third kappa shape index (κ3) is 23.3. The van der Waals surface area contributed by atoms with E-state index in [0.717, 1.165) is 0 Å². The number of benzene rings is 2. The van der Waals surface area contributed by atoms with Gasteiger partial charge in [-0.15, -0.1) is 0 Å². The molecular weight excluding hydrogens is 743 g/mol. The van der Waals surface area contributed by atoms with E-state index in [-0.39, 0.29) is 134 Å². The first-order chi connectivity index (χ1) is 21.0. The largest absolute Gasteiger partial charge is 1.00 e. The van der Waals surface area contributed by atoms with Crippen LogP contribution in [0.1, 0.15) is 25.7 Å². The first-order valence-corrected chi connectivity index (χ1v) is 19.8. The molecule has 2 rings (SSSR count). The normalized spacial score (nSPS) is 11.8. The third-order valence-corrected chi connectivity index (χ3v) is 9.25. The predicted octanol–water partition coefficient (Wildman–Crippen LogP) is -6.00. The summed E-state index contributed by atoms with van der Waals surface area (Å²) in [6.45, 7) is 0.691. The summed E-state index contributed by atoms with van der Waals surface area (Å²) in [6.07, 6.45) is 0.272. The predicted molar refractivity (Wildman–Crippen MR) is 170 cm³/mol. The van der Waals surface area contributed by atoms with Crippen molar-refractivity contribution in [3.05, 3.63) is 36.4 Å². The molecule has 0 saturated heterocycles. The number of anilines is 4. The first-order valence-electron chi connectivity index (χ1n) is 13.4. The van der Waals surface area contributed by atoms with Crippen LogP contribution in [0.25, 0.3) is 0 Å². The monoisotopic (exact) mass is 780 g/mol. The number of hydrogen-bond acceptors (Lipinski definition) is 16. The van der Waals surface area contributed by atoms with E-state index in [0.29, 0.717) is 11.4 Å². The Balaban J connectivity index is 0. The molecule has 2 aromatic carbocycles. The summed E-state index contributed by atoms with van der Waals surface area (Å²) in [4.78, 5) is 3.21. The molecule has 0 aliphatic heterocycles. The third-order valence-electron chi connectivity index (χ3n) is 6.06. The Hall–Kier alpha value is -1.12. The van der Waals surface area contributed by atoms with E-state index in [9.17, 15) is 53.0 Å². The van der Waals surface area contributed by atoms with Gasteiger partial charge in [0, 0.05) is 61.2 Å². The number of rotatable bonds is 18. The molecule has 264 valence electrons. The molecule has 0 aliphatic rings. The van der Waals surface area contributed by atoms with Crippen LogP contribution < -0.4 is 80.4 Å². The summed E-state index contributed by atoms with van der Waals surface area (Å²) in [7, 11) is -16.9. The van der Waals surface area contributed by atoms with Crippen molar-refractivity contribution >= 4 is 63.2 Å². The van der Waals surface area contributed by atoms with E-state index < -0.39 is 63.5 Å². The van der Waals surface area contributed by atoms with Crippen LogP contribution in [-0.4, -0.2) is 111 Å². The molecule has 24 heteroatoms. The molecule has 8 N–H and O–H groups in total. The van der Waals surface area contributed by atoms with Gasteiger partial charge >= 0.3 is 59.1 Å². The van der Waals surface area contributed by atoms with E-state index in [4.69, 9.17) is 20.6 Å². The molecule has 0 fully saturated rings. The Kier molecular flexibility index (Phi) is 22.4. The fraction of sp³-hybridized carbons (Fsp3) is 0.500. The maximum Gasteiger partial charge on any atom is 1.00 e. The van der Waals surface area contributed by atoms with Gasteiger partial charge in [0.05, 0.1) is 43.1 Å². The molecule has 0 atom stereocenters. The van der Waals surface area contributed by atoms with Crippen LogP contribution >= 0.6 is 0 Å². The second-order valence-corrected chi connectivity index (χ2v) is 16.2. The molecule has 0 spiro atoms. The quantitative estimate of drug-likeness (QED) is 0.0355. The Morgan fingerprint density at radius 3 is 1.04 bits per heavy atom. The van der Waals surface area contributed by atoms with Crippen LogP contribution in [0, 0.1) is 0 Å². The average Bonchev–Trinajstić information content (AvgIpc) is 2.88. The Morgan fingerprint density at radius 1 is 0.542 bits per heavy atom. The number of nitrogens with two attached hydrogens (primary N) is 2. The van der Waals surface area contributed by atoms with Gasteiger partial charge in [-0.05, 0) is 49.9 Å². The average molecular weight is 781 g/mol. The number of nitrogens with zero attached hydrogens (tertiary/aromatic N) is 2. The molecule has 48 heavy (non-hydrogen) atoms. The Morgan fingerprint density at radius 2 is 0.812 bits per heavy atom. The smallest absolute Gasteiger partial charge is 0.748 e. The molecule has 2 aromatic rings. The number of aromatic hydroxyl groups is 2. The minimum absolute atomic E-state index is 0. The summed E-state index contributed by atoms with van der Waals surface area (Å²) >= 11 is 0. The van der Waals surface area contributed by atoms with Crippen LogP contribution in [0.3, 0.4) is 0 Å². The van der Waals surface area contributed by atoms with Crippen LogP contribution in [0.4, 0.5) is 22.7 Å². The molecule has 18 nitrogen and oxygen atoms in total. The molecule has 0 aliphatic carbocycles. The first kappa shape index (κ1) is 49.0. The summed E-state index contributed by atoms with van der Waals surface area (Å²) in [6, 6.07) is 8.76. The fourth-order valence-corrected chi connectivity index (χ4v) is 5.89. The van der Waals surface area contributed by atoms with E-state index in [1.165, 1.54) is 24.3 Å². The van der Waals surface area contributed by atoms with Crippen molar-refractivity contribution in [1.82, 2.24) is 0 Å². The Labute approximate surface area is 325 Å². The fourth-order valence-electron chi connectivity index (χ4n) is 3.94. The number of nitrogen functional groups attached to an aromatic ring is 2.